The number of rotatable bonds is 42. The number of carbonyl (C=O) groups is 17. The molecule has 0 aliphatic heterocycles. The predicted molar refractivity (Wildman–Crippen MR) is 367 cm³/mol. The average Bonchev–Trinajstić information content (AvgIpc) is 1.69. The number of nitrogens with one attached hydrogen (secondary N) is 17. The van der Waals surface area contributed by atoms with Crippen LogP contribution in [0.2, 0.25) is 0 Å². The van der Waals surface area contributed by atoms with Crippen LogP contribution in [-0.4, -0.2) is 215 Å². The second-order valence-corrected chi connectivity index (χ2v) is 24.9. The van der Waals surface area contributed by atoms with Gasteiger partial charge in [0.05, 0.1) is 0 Å². The largest absolute Gasteiger partial charge is 0.368 e. The van der Waals surface area contributed by atoms with Gasteiger partial charge in [-0.25, -0.2) is 0 Å². The van der Waals surface area contributed by atoms with Crippen molar-refractivity contribution < 1.29 is 81.5 Å². The van der Waals surface area contributed by atoms with Crippen LogP contribution in [0.3, 0.4) is 0 Å². The maximum Gasteiger partial charge on any atom is 0.243 e. The van der Waals surface area contributed by atoms with Crippen molar-refractivity contribution in [3.05, 3.63) is 36.0 Å². The summed E-state index contributed by atoms with van der Waals surface area (Å²) in [7, 11) is 0. The van der Waals surface area contributed by atoms with Crippen LogP contribution in [0.4, 0.5) is 0 Å². The third-order valence-electron chi connectivity index (χ3n) is 15.8. The number of fused-ring (bicyclic) bond motifs is 1. The highest BCUT2D eigenvalue weighted by Crippen LogP contribution is 2.19. The molecule has 0 radical (unpaired) electrons. The highest BCUT2D eigenvalue weighted by Gasteiger charge is 2.34. The lowest BCUT2D eigenvalue weighted by atomic mass is 10.0. The third kappa shape index (κ3) is 30.0. The Labute approximate surface area is 585 Å². The molecule has 0 aliphatic rings. The molecule has 0 spiro atoms. The summed E-state index contributed by atoms with van der Waals surface area (Å²) in [6, 6.07) is -12.5. The molecule has 2 rings (SSSR count). The molecule has 37 heteroatoms. The van der Waals surface area contributed by atoms with E-state index in [0.29, 0.717) is 55.2 Å². The Hall–Kier alpha value is -10.3. The lowest BCUT2D eigenvalue weighted by Gasteiger charge is -2.25. The van der Waals surface area contributed by atoms with Gasteiger partial charge >= 0.3 is 0 Å². The molecule has 37 nitrogen and oxygen atoms in total. The molecule has 0 unspecified atom stereocenters. The van der Waals surface area contributed by atoms with Crippen LogP contribution >= 0.6 is 0 Å². The van der Waals surface area contributed by atoms with E-state index in [9.17, 15) is 81.5 Å². The first-order chi connectivity index (χ1) is 47.2. The third-order valence-corrected chi connectivity index (χ3v) is 15.8. The van der Waals surface area contributed by atoms with Crippen molar-refractivity contribution in [2.24, 2.45) is 17.2 Å². The number of aromatic amines is 1. The molecule has 17 amide bonds. The van der Waals surface area contributed by atoms with Crippen LogP contribution in [0.15, 0.2) is 30.5 Å². The number of H-pyrrole nitrogens is 1. The maximum absolute atomic E-state index is 14.1. The molecule has 0 saturated heterocycles. The van der Waals surface area contributed by atoms with Crippen molar-refractivity contribution >= 4 is 111 Å². The summed E-state index contributed by atoms with van der Waals surface area (Å²) in [6.45, 7) is 19.1. The van der Waals surface area contributed by atoms with Crippen molar-refractivity contribution in [2.45, 2.75) is 239 Å². The number of hydrogen-bond donors (Lipinski definition) is 20. The quantitative estimate of drug-likeness (QED) is 0.0275. The molecule has 1 aromatic heterocycles. The average molecular weight is 1430 g/mol. The lowest BCUT2D eigenvalue weighted by molar-refractivity contribution is -0.135. The zero-order chi connectivity index (χ0) is 76.7. The van der Waals surface area contributed by atoms with Gasteiger partial charge in [0.15, 0.2) is 0 Å². The molecule has 562 valence electrons. The Kier molecular flexibility index (Phi) is 36.6. The summed E-state index contributed by atoms with van der Waals surface area (Å²) < 4.78 is 0. The summed E-state index contributed by atoms with van der Waals surface area (Å²) >= 11 is 0. The van der Waals surface area contributed by atoms with E-state index >= 15 is 0 Å². The molecule has 1 heterocycles. The fraction of sp³-hybridized carbons (Fsp3) is 0.609. The summed E-state index contributed by atoms with van der Waals surface area (Å²) in [6.07, 6.45) is 4.28. The van der Waals surface area contributed by atoms with Crippen LogP contribution < -0.4 is 102 Å². The SMILES string of the molecule is CC(=O)N[C@@H](CCCCN)C(=O)N[C@@H](C)C(=O)N[C@@H](C)C(=O)N[C@@H](C)C(=O)N[C@@H](C)C(=O)N[C@@H](C)C(=O)N[C@@H](C)C(=O)N[C@@H](C)C(=O)N[C@@H](Cc1c[nH]c2ccccc12)C(=O)N[C@@H](C)C(=O)N[C@@H](C)C(=O)N[C@@H](C)C(=O)N[C@@H](C)C(=O)N[C@@H](C)C(=O)N[C@@H](C)C(=O)N[C@@H](CCCCN)C(N)=O. The minimum Gasteiger partial charge on any atom is -0.368 e. The van der Waals surface area contributed by atoms with Gasteiger partial charge in [-0.05, 0) is 153 Å². The van der Waals surface area contributed by atoms with Crippen LogP contribution in [0, 0.1) is 0 Å². The number of hydrogen-bond acceptors (Lipinski definition) is 19. The summed E-state index contributed by atoms with van der Waals surface area (Å²) in [5, 5.41) is 40.0. The number of nitrogens with two attached hydrogens (primary N) is 3. The van der Waals surface area contributed by atoms with Gasteiger partial charge in [-0.2, -0.15) is 0 Å². The number of para-hydroxylation sites is 1. The maximum atomic E-state index is 14.1. The van der Waals surface area contributed by atoms with Crippen LogP contribution in [-0.2, 0) is 87.9 Å². The van der Waals surface area contributed by atoms with Crippen molar-refractivity contribution in [1.29, 1.82) is 0 Å². The first-order valence-electron chi connectivity index (χ1n) is 33.3. The molecule has 16 atom stereocenters. The van der Waals surface area contributed by atoms with E-state index < -0.39 is 197 Å². The highest BCUT2D eigenvalue weighted by molar-refractivity contribution is 6.01. The van der Waals surface area contributed by atoms with Gasteiger partial charge in [-0.15, -0.1) is 0 Å². The standard InChI is InChI=1S/C64H104N20O17/c1-29(69-51(88)30(2)72-55(92)34(6)76-59(96)38(10)80-63(100)47(82-42(14)85)24-18-20-26-66)50(87)71-33(5)54(91)75-37(9)58(95)79-41(13)62(99)84-48(27-43-28-68-45-22-16-15-21-44(43)45)64(101)81-39(11)60(97)77-35(7)56(93)73-31(3)52(89)70-32(4)53(90)74-36(8)57(94)78-40(12)61(98)83-46(49(67)86)23-17-19-25-65/h15-16,21-22,28-41,46-48,68H,17-20,23-27,65-66H2,1-14H3,(H2,67,86)(H,69,88)(H,70,89)(H,71,87)(H,72,92)(H,73,93)(H,74,90)(H,75,91)(H,76,96)(H,77,97)(H,78,94)(H,79,95)(H,80,100)(H,81,101)(H,82,85)(H,83,98)(H,84,99)/t29-,30-,31-,32-,33-,34-,35-,36-,37-,38-,39-,40-,41-,46-,47-,48-/m0/s1. The van der Waals surface area contributed by atoms with E-state index in [1.54, 1.807) is 30.5 Å². The first-order valence-corrected chi connectivity index (χ1v) is 33.3. The second kappa shape index (κ2) is 42.6. The van der Waals surface area contributed by atoms with E-state index in [1.165, 1.54) is 96.9 Å². The zero-order valence-electron chi connectivity index (χ0n) is 59.7. The van der Waals surface area contributed by atoms with Gasteiger partial charge in [0.25, 0.3) is 0 Å². The summed E-state index contributed by atoms with van der Waals surface area (Å²) in [4.78, 5) is 224. The van der Waals surface area contributed by atoms with E-state index in [1.807, 2.05) is 0 Å². The Balaban J connectivity index is 1.98. The molecule has 0 saturated carbocycles. The predicted octanol–water partition coefficient (Wildman–Crippen LogP) is -6.51. The monoisotopic (exact) mass is 1420 g/mol. The van der Waals surface area contributed by atoms with Crippen LogP contribution in [0.1, 0.15) is 141 Å². The zero-order valence-corrected chi connectivity index (χ0v) is 59.7. The molecule has 0 bridgehead atoms. The molecule has 101 heavy (non-hydrogen) atoms. The molecule has 1 aromatic carbocycles. The Morgan fingerprint density at radius 3 is 0.822 bits per heavy atom. The normalized spacial score (nSPS) is 15.8. The number of primary amides is 1. The smallest absolute Gasteiger partial charge is 0.243 e. The topological polar surface area (TPSA) is 577 Å². The van der Waals surface area contributed by atoms with Crippen molar-refractivity contribution in [3.8, 4) is 0 Å². The summed E-state index contributed by atoms with van der Waals surface area (Å²) in [5.41, 5.74) is 17.7. The molecule has 0 fully saturated rings. The van der Waals surface area contributed by atoms with Crippen molar-refractivity contribution in [1.82, 2.24) is 90.1 Å². The Bertz CT molecular complexity index is 3290. The number of aromatic nitrogens is 1. The van der Waals surface area contributed by atoms with Gasteiger partial charge in [0.2, 0.25) is 100 Å². The van der Waals surface area contributed by atoms with Crippen LogP contribution in [0.5, 0.6) is 0 Å². The molecular formula is C64H104N20O17. The first kappa shape index (κ1) is 86.8. The second-order valence-electron chi connectivity index (χ2n) is 24.9. The van der Waals surface area contributed by atoms with E-state index in [2.05, 4.69) is 90.1 Å². The number of carbonyl (C=O) groups excluding carboxylic acids is 17. The Morgan fingerprint density at radius 2 is 0.554 bits per heavy atom. The van der Waals surface area contributed by atoms with Crippen molar-refractivity contribution in [2.75, 3.05) is 13.1 Å². The van der Waals surface area contributed by atoms with E-state index in [0.717, 1.165) is 0 Å². The number of benzene rings is 1. The molecule has 0 aliphatic carbocycles. The number of amides is 17. The van der Waals surface area contributed by atoms with Crippen molar-refractivity contribution in [3.63, 3.8) is 0 Å². The van der Waals surface area contributed by atoms with Gasteiger partial charge in [0.1, 0.15) is 96.7 Å². The van der Waals surface area contributed by atoms with Gasteiger partial charge in [-0.3, -0.25) is 81.5 Å². The molecule has 2 aromatic rings. The minimum absolute atomic E-state index is 0.137. The minimum atomic E-state index is -1.39. The van der Waals surface area contributed by atoms with Gasteiger partial charge in [-0.1, -0.05) is 18.2 Å². The van der Waals surface area contributed by atoms with Crippen LogP contribution in [0.25, 0.3) is 10.9 Å². The number of unbranched alkanes of at least 4 members (excludes halogenated alkanes) is 2. The van der Waals surface area contributed by atoms with E-state index in [4.69, 9.17) is 17.2 Å². The lowest BCUT2D eigenvalue weighted by Crippen LogP contribution is -2.59. The van der Waals surface area contributed by atoms with Gasteiger partial charge < -0.3 is 107 Å². The van der Waals surface area contributed by atoms with Gasteiger partial charge in [0, 0.05) is 30.4 Å². The fourth-order valence-corrected chi connectivity index (χ4v) is 9.31. The highest BCUT2D eigenvalue weighted by atomic mass is 16.2. The Morgan fingerprint density at radius 1 is 0.317 bits per heavy atom. The summed E-state index contributed by atoms with van der Waals surface area (Å²) in [5.74, 6) is -13.3. The fourth-order valence-electron chi connectivity index (χ4n) is 9.31. The molecular weight excluding hydrogens is 1320 g/mol. The molecule has 23 N–H and O–H groups in total. The van der Waals surface area contributed by atoms with E-state index in [-0.39, 0.29) is 19.3 Å².